The zero-order chi connectivity index (χ0) is 66.2. The Morgan fingerprint density at radius 2 is 0.828 bits per heavy atom. The van der Waals surface area contributed by atoms with Crippen LogP contribution in [0.3, 0.4) is 0 Å². The third kappa shape index (κ3) is 41.1. The molecule has 1 rings (SSSR count). The van der Waals surface area contributed by atoms with Crippen LogP contribution in [0.2, 0.25) is 0 Å². The second-order valence-electron chi connectivity index (χ2n) is 27.0. The molecule has 0 radical (unpaired) electrons. The van der Waals surface area contributed by atoms with Crippen molar-refractivity contribution in [3.63, 3.8) is 0 Å². The van der Waals surface area contributed by atoms with E-state index in [9.17, 15) is 52.7 Å². The maximum Gasteiger partial charge on any atom is 0.407 e. The van der Waals surface area contributed by atoms with Crippen molar-refractivity contribution in [3.8, 4) is 0 Å². The average Bonchev–Trinajstić information content (AvgIpc) is 3.36. The number of benzene rings is 1. The zero-order valence-corrected chi connectivity index (χ0v) is 55.2. The molecule has 0 heterocycles. The van der Waals surface area contributed by atoms with E-state index in [1.807, 2.05) is 31.2 Å². The third-order valence-electron chi connectivity index (χ3n) is 12.3. The van der Waals surface area contributed by atoms with Gasteiger partial charge in [-0.25, -0.2) is 24.0 Å². The van der Waals surface area contributed by atoms with Crippen molar-refractivity contribution in [2.45, 2.75) is 285 Å². The van der Waals surface area contributed by atoms with Crippen molar-refractivity contribution < 1.29 is 76.4 Å². The summed E-state index contributed by atoms with van der Waals surface area (Å²) in [6.45, 7) is 28.0. The van der Waals surface area contributed by atoms with Crippen LogP contribution in [-0.4, -0.2) is 137 Å². The number of aryl methyl sites for hydroxylation is 2. The van der Waals surface area contributed by atoms with Crippen molar-refractivity contribution in [1.82, 2.24) is 37.2 Å². The number of esters is 4. The van der Waals surface area contributed by atoms with E-state index in [2.05, 4.69) is 37.2 Å². The molecule has 494 valence electrons. The Bertz CT molecular complexity index is 2380. The summed E-state index contributed by atoms with van der Waals surface area (Å²) in [5, 5.41) is 18.9. The van der Waals surface area contributed by atoms with Gasteiger partial charge in [-0.3, -0.25) is 28.8 Å². The van der Waals surface area contributed by atoms with Crippen LogP contribution >= 0.6 is 0 Å². The number of carbonyl (C=O) groups excluding carboxylic acids is 11. The van der Waals surface area contributed by atoms with Crippen LogP contribution in [0.5, 0.6) is 0 Å². The van der Waals surface area contributed by atoms with Gasteiger partial charge in [0.1, 0.15) is 46.1 Å². The van der Waals surface area contributed by atoms with Crippen molar-refractivity contribution >= 4 is 65.4 Å². The molecule has 0 aliphatic heterocycles. The van der Waals surface area contributed by atoms with Crippen LogP contribution in [0.25, 0.3) is 0 Å². The van der Waals surface area contributed by atoms with Gasteiger partial charge in [0.25, 0.3) is 5.78 Å². The van der Waals surface area contributed by atoms with E-state index < -0.39 is 106 Å². The number of hydrogen-bond acceptors (Lipinski definition) is 16. The number of carbonyl (C=O) groups is 11. The highest BCUT2D eigenvalue weighted by Gasteiger charge is 2.34. The van der Waals surface area contributed by atoms with Crippen molar-refractivity contribution in [2.24, 2.45) is 0 Å². The first kappa shape index (κ1) is 78.2. The molecule has 0 spiro atoms. The maximum atomic E-state index is 14.0. The molecular formula is C64H107N7O16. The quantitative estimate of drug-likeness (QED) is 0.0143. The highest BCUT2D eigenvalue weighted by atomic mass is 16.6. The van der Waals surface area contributed by atoms with Crippen molar-refractivity contribution in [1.29, 1.82) is 0 Å². The lowest BCUT2D eigenvalue weighted by Crippen LogP contribution is -2.53. The molecule has 0 saturated heterocycles. The molecule has 1 aromatic carbocycles. The smallest absolute Gasteiger partial charge is 0.407 e. The lowest BCUT2D eigenvalue weighted by atomic mass is 10.0. The minimum absolute atomic E-state index is 0.0610. The largest absolute Gasteiger partial charge is 0.460 e. The number of Topliss-reactive ketones (excluding diaryl/α,β-unsaturated/α-hetero) is 1. The van der Waals surface area contributed by atoms with Crippen molar-refractivity contribution in [3.05, 3.63) is 35.4 Å². The second kappa shape index (κ2) is 38.5. The fourth-order valence-electron chi connectivity index (χ4n) is 8.31. The Labute approximate surface area is 517 Å². The second-order valence-corrected chi connectivity index (χ2v) is 27.0. The predicted molar refractivity (Wildman–Crippen MR) is 330 cm³/mol. The topological polar surface area (TPSA) is 318 Å². The van der Waals surface area contributed by atoms with E-state index in [-0.39, 0.29) is 63.3 Å². The molecular weight excluding hydrogens is 1120 g/mol. The van der Waals surface area contributed by atoms with Crippen LogP contribution in [0.1, 0.15) is 231 Å². The summed E-state index contributed by atoms with van der Waals surface area (Å²) in [5.41, 5.74) is -1.98. The monoisotopic (exact) mass is 1230 g/mol. The van der Waals surface area contributed by atoms with E-state index >= 15 is 0 Å². The lowest BCUT2D eigenvalue weighted by Gasteiger charge is -2.27. The summed E-state index contributed by atoms with van der Waals surface area (Å²) in [6.07, 6.45) is 5.60. The standard InChI is InChI=1S/C64H107N7O16/c1-43-32-34-44(35-33-43)27-26-31-49(72)65-41-24-21-28-45(53(76)57(80)86-63(11,12)13)69-54(77)46(29-22-25-42-67-59(82)87-64(14,15)16)68-51(74)30-20-18-17-19-23-40-66-50(73)38-36-47(55(78)84-61(5,6)7)70-58(81)71-48(56(79)85-62(8,9)10)37-39-52(75)83-60(2,3)4/h32-35,45-48H,17-31,36-42H2,1-16H3,(H,65,72)(H,66,73)(H,67,82)(H,68,74)(H,69,77)(H2,70,71,81). The summed E-state index contributed by atoms with van der Waals surface area (Å²) in [4.78, 5) is 144. The van der Waals surface area contributed by atoms with Crippen LogP contribution in [0.4, 0.5) is 9.59 Å². The first-order valence-electron chi connectivity index (χ1n) is 30.9. The number of ketones is 1. The molecule has 0 saturated carbocycles. The molecule has 0 bridgehead atoms. The van der Waals surface area contributed by atoms with E-state index in [0.29, 0.717) is 83.7 Å². The Balaban J connectivity index is 2.91. The van der Waals surface area contributed by atoms with Crippen LogP contribution in [0, 0.1) is 6.92 Å². The minimum atomic E-state index is -1.28. The van der Waals surface area contributed by atoms with Gasteiger partial charge in [0.05, 0.1) is 6.04 Å². The van der Waals surface area contributed by atoms with E-state index in [4.69, 9.17) is 23.7 Å². The van der Waals surface area contributed by atoms with Gasteiger partial charge in [-0.05, 0) is 193 Å². The lowest BCUT2D eigenvalue weighted by molar-refractivity contribution is -0.163. The number of unbranched alkanes of at least 4 members (excludes halogenated alkanes) is 6. The van der Waals surface area contributed by atoms with Gasteiger partial charge >= 0.3 is 36.0 Å². The van der Waals surface area contributed by atoms with Crippen molar-refractivity contribution in [2.75, 3.05) is 19.6 Å². The summed E-state index contributed by atoms with van der Waals surface area (Å²) >= 11 is 0. The number of ether oxygens (including phenoxy) is 5. The molecule has 1 aromatic rings. The van der Waals surface area contributed by atoms with Gasteiger partial charge in [0, 0.05) is 45.3 Å². The van der Waals surface area contributed by atoms with E-state index in [0.717, 1.165) is 17.5 Å². The summed E-state index contributed by atoms with van der Waals surface area (Å²) < 4.78 is 27.0. The number of rotatable bonds is 37. The third-order valence-corrected chi connectivity index (χ3v) is 12.3. The molecule has 23 heteroatoms. The molecule has 0 aromatic heterocycles. The average molecular weight is 1230 g/mol. The Morgan fingerprint density at radius 3 is 1.34 bits per heavy atom. The summed E-state index contributed by atoms with van der Waals surface area (Å²) in [5.74, 6) is -5.81. The molecule has 23 nitrogen and oxygen atoms in total. The van der Waals surface area contributed by atoms with Crippen LogP contribution in [0.15, 0.2) is 24.3 Å². The minimum Gasteiger partial charge on any atom is -0.460 e. The number of alkyl carbamates (subject to hydrolysis) is 1. The SMILES string of the molecule is Cc1ccc(CCCC(=O)NCCCCC(NC(=O)C(CCCCNC(=O)OC(C)(C)C)NC(=O)CCCCCCCNC(=O)CCC(NC(=O)NC(CCC(=O)OC(C)(C)C)C(=O)OC(C)(C)C)C(=O)OC(C)(C)C)C(=O)C(=O)OC(C)(C)C)cc1. The number of amides is 7. The number of nitrogens with one attached hydrogen (secondary N) is 7. The maximum absolute atomic E-state index is 14.0. The number of hydrogen-bond donors (Lipinski definition) is 7. The first-order chi connectivity index (χ1) is 40.2. The Morgan fingerprint density at radius 1 is 0.391 bits per heavy atom. The van der Waals surface area contributed by atoms with Gasteiger partial charge in [-0.15, -0.1) is 0 Å². The fraction of sp³-hybridized carbons (Fsp3) is 0.734. The summed E-state index contributed by atoms with van der Waals surface area (Å²) in [7, 11) is 0. The highest BCUT2D eigenvalue weighted by Crippen LogP contribution is 2.17. The molecule has 87 heavy (non-hydrogen) atoms. The Kier molecular flexibility index (Phi) is 34.6. The van der Waals surface area contributed by atoms with Gasteiger partial charge in [-0.2, -0.15) is 0 Å². The first-order valence-corrected chi connectivity index (χ1v) is 30.9. The molecule has 0 aliphatic carbocycles. The molecule has 7 amide bonds. The van der Waals surface area contributed by atoms with Gasteiger partial charge < -0.3 is 60.9 Å². The molecule has 0 fully saturated rings. The molecule has 4 atom stereocenters. The summed E-state index contributed by atoms with van der Waals surface area (Å²) in [6, 6.07) is 2.31. The van der Waals surface area contributed by atoms with Crippen LogP contribution in [-0.2, 0) is 73.3 Å². The van der Waals surface area contributed by atoms with E-state index in [1.54, 1.807) is 104 Å². The van der Waals surface area contributed by atoms with E-state index in [1.165, 1.54) is 0 Å². The van der Waals surface area contributed by atoms with Crippen LogP contribution < -0.4 is 37.2 Å². The highest BCUT2D eigenvalue weighted by molar-refractivity contribution is 6.36. The normalized spacial score (nSPS) is 13.2. The van der Waals surface area contributed by atoms with Gasteiger partial charge in [0.15, 0.2) is 0 Å². The molecule has 4 unspecified atom stereocenters. The predicted octanol–water partition coefficient (Wildman–Crippen LogP) is 8.26. The van der Waals surface area contributed by atoms with Gasteiger partial charge in [-0.1, -0.05) is 49.1 Å². The Hall–Kier alpha value is -6.81. The number of urea groups is 1. The van der Waals surface area contributed by atoms with Gasteiger partial charge in [0.2, 0.25) is 23.6 Å². The molecule has 0 aliphatic rings. The molecule has 7 N–H and O–H groups in total. The fourth-order valence-corrected chi connectivity index (χ4v) is 8.31. The zero-order valence-electron chi connectivity index (χ0n) is 55.2.